The molecule has 0 N–H and O–H groups in total. The molecule has 0 aliphatic carbocycles. The van der Waals surface area contributed by atoms with E-state index >= 15 is 0 Å². The van der Waals surface area contributed by atoms with Crippen LogP contribution in [0.2, 0.25) is 10.0 Å². The fourth-order valence-corrected chi connectivity index (χ4v) is 8.65. The smallest absolute Gasteiger partial charge is 0.456 e. The van der Waals surface area contributed by atoms with Gasteiger partial charge in [-0.1, -0.05) is 23.2 Å². The Morgan fingerprint density at radius 3 is 2.35 bits per heavy atom. The van der Waals surface area contributed by atoms with Gasteiger partial charge in [0.05, 0.1) is 30.9 Å². The van der Waals surface area contributed by atoms with Crippen LogP contribution in [0.4, 0.5) is 4.79 Å². The monoisotopic (exact) mass is 673 g/mol. The Morgan fingerprint density at radius 1 is 1.00 bits per heavy atom. The highest BCUT2D eigenvalue weighted by Crippen LogP contribution is 2.61. The van der Waals surface area contributed by atoms with E-state index < -0.39 is 36.1 Å². The SMILES string of the molecule is N#Cc1ccc(Oc2cc(Cl)cc(Cl)c2)c(S(=O)(=O)N2CCC(N3OP4(=O)OC(CN5CCOCC5)N(O4)C3=O)CC2)c1. The number of benzene rings is 2. The third kappa shape index (κ3) is 6.36. The number of carbonyl (C=O) groups excluding carboxylic acids is 1. The molecule has 2 bridgehead atoms. The number of hydroxylamine groups is 4. The van der Waals surface area contributed by atoms with Crippen molar-refractivity contribution < 1.29 is 41.0 Å². The Balaban J connectivity index is 1.16. The average Bonchev–Trinajstić information content (AvgIpc) is 3.26. The van der Waals surface area contributed by atoms with Crippen LogP contribution < -0.4 is 4.74 Å². The largest absolute Gasteiger partial charge is 0.520 e. The fourth-order valence-electron chi connectivity index (χ4n) is 5.17. The summed E-state index contributed by atoms with van der Waals surface area (Å²) in [5.74, 6) is 0.200. The predicted molar refractivity (Wildman–Crippen MR) is 150 cm³/mol. The van der Waals surface area contributed by atoms with E-state index in [2.05, 4.69) is 0 Å². The molecule has 230 valence electrons. The standard InChI is InChI=1S/C25H26Cl2N5O9PS/c26-18-12-19(27)14-21(13-18)38-22-2-1-17(15-28)11-23(22)43(35,36)30-5-3-20(4-6-30)31-25(33)32-24(39-42(34,40-31)41-32)16-29-7-9-37-10-8-29/h1-2,11-14,20,24H,3-10,16H2. The topological polar surface area (TPSA) is 151 Å². The van der Waals surface area contributed by atoms with Crippen LogP contribution in [0, 0.1) is 11.3 Å². The van der Waals surface area contributed by atoms with Crippen LogP contribution in [0.3, 0.4) is 0 Å². The highest BCUT2D eigenvalue weighted by Gasteiger charge is 2.57. The maximum atomic E-state index is 13.8. The number of carbonyl (C=O) groups is 1. The molecular weight excluding hydrogens is 648 g/mol. The van der Waals surface area contributed by atoms with Gasteiger partial charge in [-0.25, -0.2) is 17.8 Å². The van der Waals surface area contributed by atoms with Crippen LogP contribution in [-0.4, -0.2) is 92.0 Å². The van der Waals surface area contributed by atoms with Crippen molar-refractivity contribution in [2.45, 2.75) is 30.0 Å². The zero-order valence-electron chi connectivity index (χ0n) is 22.5. The number of nitrogens with zero attached hydrogens (tertiary/aromatic N) is 5. The molecule has 2 aromatic rings. The first-order valence-corrected chi connectivity index (χ1v) is 17.0. The number of urea groups is 1. The minimum Gasteiger partial charge on any atom is -0.456 e. The van der Waals surface area contributed by atoms with Crippen molar-refractivity contribution in [3.63, 3.8) is 0 Å². The molecule has 4 fully saturated rings. The van der Waals surface area contributed by atoms with E-state index in [0.717, 1.165) is 10.1 Å². The second kappa shape index (κ2) is 12.1. The van der Waals surface area contributed by atoms with Gasteiger partial charge in [-0.2, -0.15) is 28.9 Å². The van der Waals surface area contributed by atoms with Gasteiger partial charge < -0.3 is 9.47 Å². The van der Waals surface area contributed by atoms with Crippen LogP contribution in [0.25, 0.3) is 0 Å². The molecule has 4 heterocycles. The molecule has 4 saturated heterocycles. The third-order valence-corrected chi connectivity index (χ3v) is 10.9. The van der Waals surface area contributed by atoms with Gasteiger partial charge >= 0.3 is 13.9 Å². The predicted octanol–water partition coefficient (Wildman–Crippen LogP) is 4.21. The van der Waals surface area contributed by atoms with E-state index in [0.29, 0.717) is 36.3 Å². The average molecular weight is 674 g/mol. The lowest BCUT2D eigenvalue weighted by atomic mass is 10.1. The zero-order valence-corrected chi connectivity index (χ0v) is 25.7. The van der Waals surface area contributed by atoms with Crippen LogP contribution in [0.5, 0.6) is 11.5 Å². The summed E-state index contributed by atoms with van der Waals surface area (Å²) in [5.41, 5.74) is 0.123. The Bertz CT molecular complexity index is 1590. The number of rotatable bonds is 7. The molecule has 18 heteroatoms. The number of hydrogen-bond acceptors (Lipinski definition) is 11. The van der Waals surface area contributed by atoms with E-state index in [-0.39, 0.29) is 54.4 Å². The number of piperidine rings is 1. The van der Waals surface area contributed by atoms with Crippen molar-refractivity contribution in [2.75, 3.05) is 45.9 Å². The zero-order chi connectivity index (χ0) is 30.4. The number of phosphoric acid groups is 1. The van der Waals surface area contributed by atoms with Gasteiger partial charge in [-0.15, -0.1) is 0 Å². The van der Waals surface area contributed by atoms with E-state index in [9.17, 15) is 23.0 Å². The third-order valence-electron chi connectivity index (χ3n) is 7.29. The lowest BCUT2D eigenvalue weighted by molar-refractivity contribution is -0.163. The number of halogens is 2. The first-order chi connectivity index (χ1) is 20.5. The van der Waals surface area contributed by atoms with Crippen molar-refractivity contribution in [1.29, 1.82) is 5.26 Å². The minimum absolute atomic E-state index is 0.00256. The lowest BCUT2D eigenvalue weighted by Gasteiger charge is -2.39. The summed E-state index contributed by atoms with van der Waals surface area (Å²) in [6, 6.07) is 9.21. The molecule has 4 aliphatic heterocycles. The summed E-state index contributed by atoms with van der Waals surface area (Å²) in [6.07, 6.45) is -0.585. The maximum absolute atomic E-state index is 13.8. The number of morpholine rings is 1. The fraction of sp³-hybridized carbons (Fsp3) is 0.440. The van der Waals surface area contributed by atoms with E-state index in [1.807, 2.05) is 11.0 Å². The summed E-state index contributed by atoms with van der Waals surface area (Å²) >= 11 is 12.1. The molecule has 2 aromatic carbocycles. The molecule has 4 aliphatic rings. The molecular formula is C25H26Cl2N5O9PS. The highest BCUT2D eigenvalue weighted by atomic mass is 35.5. The van der Waals surface area contributed by atoms with E-state index in [1.54, 1.807) is 0 Å². The highest BCUT2D eigenvalue weighted by molar-refractivity contribution is 7.89. The van der Waals surface area contributed by atoms with Gasteiger partial charge in [0.25, 0.3) is 0 Å². The summed E-state index contributed by atoms with van der Waals surface area (Å²) in [5, 5.41) is 11.9. The van der Waals surface area contributed by atoms with Crippen molar-refractivity contribution in [2.24, 2.45) is 0 Å². The van der Waals surface area contributed by atoms with Gasteiger partial charge in [0.15, 0.2) is 6.23 Å². The quantitative estimate of drug-likeness (QED) is 0.389. The second-order valence-corrected chi connectivity index (χ2v) is 14.3. The minimum atomic E-state index is -4.16. The molecule has 2 atom stereocenters. The molecule has 2 amide bonds. The Labute approximate surface area is 257 Å². The number of amides is 2. The summed E-state index contributed by atoms with van der Waals surface area (Å²) in [4.78, 5) is 15.1. The molecule has 14 nitrogen and oxygen atoms in total. The van der Waals surface area contributed by atoms with Crippen molar-refractivity contribution in [1.82, 2.24) is 19.3 Å². The lowest BCUT2D eigenvalue weighted by Crippen LogP contribution is -2.55. The Morgan fingerprint density at radius 2 is 1.67 bits per heavy atom. The molecule has 0 saturated carbocycles. The molecule has 0 radical (unpaired) electrons. The van der Waals surface area contributed by atoms with Gasteiger partial charge in [-0.05, 0) is 49.2 Å². The first kappa shape index (κ1) is 30.5. The Hall–Kier alpha value is -2.48. The van der Waals surface area contributed by atoms with Crippen LogP contribution in [0.15, 0.2) is 41.3 Å². The van der Waals surface area contributed by atoms with E-state index in [1.165, 1.54) is 40.7 Å². The first-order valence-electron chi connectivity index (χ1n) is 13.3. The number of fused-ring (bicyclic) bond motifs is 2. The van der Waals surface area contributed by atoms with Crippen LogP contribution in [0.1, 0.15) is 18.4 Å². The number of hydrogen-bond donors (Lipinski definition) is 0. The van der Waals surface area contributed by atoms with Gasteiger partial charge in [0.2, 0.25) is 10.0 Å². The molecule has 2 unspecified atom stereocenters. The van der Waals surface area contributed by atoms with Crippen LogP contribution in [-0.2, 0) is 33.1 Å². The number of nitriles is 1. The Kier molecular flexibility index (Phi) is 8.62. The number of sulfonamides is 1. The van der Waals surface area contributed by atoms with Crippen LogP contribution >= 0.6 is 31.0 Å². The summed E-state index contributed by atoms with van der Waals surface area (Å²) < 4.78 is 69.3. The maximum Gasteiger partial charge on any atom is 0.520 e. The normalized spacial score (nSPS) is 25.6. The van der Waals surface area contributed by atoms with Crippen molar-refractivity contribution in [3.05, 3.63) is 52.0 Å². The van der Waals surface area contributed by atoms with Gasteiger partial charge in [-0.3, -0.25) is 9.42 Å². The molecule has 0 aromatic heterocycles. The van der Waals surface area contributed by atoms with E-state index in [4.69, 9.17) is 46.4 Å². The molecule has 6 rings (SSSR count). The van der Waals surface area contributed by atoms with Crippen molar-refractivity contribution in [3.8, 4) is 17.6 Å². The number of ether oxygens (including phenoxy) is 2. The van der Waals surface area contributed by atoms with Gasteiger partial charge in [0.1, 0.15) is 16.4 Å². The molecule has 43 heavy (non-hydrogen) atoms. The molecule has 0 spiro atoms. The second-order valence-electron chi connectivity index (χ2n) is 10.1. The van der Waals surface area contributed by atoms with Crippen molar-refractivity contribution >= 4 is 47.1 Å². The van der Waals surface area contributed by atoms with Gasteiger partial charge in [0, 0.05) is 42.8 Å². The summed E-state index contributed by atoms with van der Waals surface area (Å²) in [6.45, 7) is 2.59. The summed E-state index contributed by atoms with van der Waals surface area (Å²) in [7, 11) is -8.24.